The molecule has 1 atom stereocenters. The van der Waals surface area contributed by atoms with Crippen LogP contribution in [0.3, 0.4) is 0 Å². The predicted octanol–water partition coefficient (Wildman–Crippen LogP) is 2.52. The van der Waals surface area contributed by atoms with Crippen molar-refractivity contribution in [2.45, 2.75) is 19.3 Å². The summed E-state index contributed by atoms with van der Waals surface area (Å²) in [5.74, 6) is 1.10. The zero-order valence-electron chi connectivity index (χ0n) is 7.34. The van der Waals surface area contributed by atoms with Crippen LogP contribution < -0.4 is 11.1 Å². The van der Waals surface area contributed by atoms with E-state index in [0.29, 0.717) is 0 Å². The third kappa shape index (κ3) is 5.35. The first-order chi connectivity index (χ1) is 5.83. The molecule has 5 heteroatoms. The highest BCUT2D eigenvalue weighted by Crippen LogP contribution is 2.32. The van der Waals surface area contributed by atoms with Gasteiger partial charge in [-0.25, -0.2) is 0 Å². The Morgan fingerprint density at radius 3 is 2.83 bits per heavy atom. The van der Waals surface area contributed by atoms with E-state index in [1.54, 1.807) is 11.8 Å². The Balaban J connectivity index is 0.000000561. The van der Waals surface area contributed by atoms with Crippen molar-refractivity contribution in [1.29, 1.82) is 0 Å². The summed E-state index contributed by atoms with van der Waals surface area (Å²) in [5.41, 5.74) is 5.64. The molecule has 0 fully saturated rings. The number of alkyl halides is 1. The third-order valence-electron chi connectivity index (χ3n) is 0.930. The van der Waals surface area contributed by atoms with E-state index in [1.807, 2.05) is 31.8 Å². The van der Waals surface area contributed by atoms with Crippen LogP contribution >= 0.6 is 39.5 Å². The Hall–Kier alpha value is 0.680. The molecule has 0 aromatic heterocycles. The van der Waals surface area contributed by atoms with E-state index in [1.165, 1.54) is 4.24 Å². The van der Waals surface area contributed by atoms with Gasteiger partial charge in [-0.15, -0.1) is 11.8 Å². The quantitative estimate of drug-likeness (QED) is 0.774. The van der Waals surface area contributed by atoms with Gasteiger partial charge in [-0.05, 0) is 0 Å². The fourth-order valence-corrected chi connectivity index (χ4v) is 2.83. The molecular weight excluding hydrogens is 256 g/mol. The van der Waals surface area contributed by atoms with Crippen molar-refractivity contribution in [3.05, 3.63) is 10.4 Å². The number of hydrogen-bond acceptors (Lipinski definition) is 4. The first kappa shape index (κ1) is 12.7. The fraction of sp³-hybridized carbons (Fsp3) is 0.714. The summed E-state index contributed by atoms with van der Waals surface area (Å²) in [4.78, 5) is 0. The molecular formula is C7H15BrN2S2. The molecule has 72 valence electrons. The molecule has 1 rings (SSSR count). The zero-order chi connectivity index (χ0) is 9.40. The second-order valence-electron chi connectivity index (χ2n) is 1.71. The minimum Gasteiger partial charge on any atom is -0.366 e. The molecule has 0 spiro atoms. The van der Waals surface area contributed by atoms with Gasteiger partial charge >= 0.3 is 0 Å². The predicted molar refractivity (Wildman–Crippen MR) is 64.4 cm³/mol. The molecule has 0 radical (unpaired) electrons. The molecule has 1 aliphatic heterocycles. The molecule has 0 saturated heterocycles. The third-order valence-corrected chi connectivity index (χ3v) is 4.04. The van der Waals surface area contributed by atoms with Crippen molar-refractivity contribution in [1.82, 2.24) is 5.32 Å². The summed E-state index contributed by atoms with van der Waals surface area (Å²) in [6.45, 7) is 4.00. The van der Waals surface area contributed by atoms with Crippen molar-refractivity contribution >= 4 is 39.5 Å². The first-order valence-electron chi connectivity index (χ1n) is 3.90. The van der Waals surface area contributed by atoms with Gasteiger partial charge in [0.15, 0.2) is 0 Å². The molecule has 0 aromatic rings. The molecule has 1 aliphatic rings. The minimum absolute atomic E-state index is 0.0674. The summed E-state index contributed by atoms with van der Waals surface area (Å²) in [5, 5.41) is 4.05. The first-order valence-corrected chi connectivity index (χ1v) is 6.89. The Morgan fingerprint density at radius 2 is 2.42 bits per heavy atom. The van der Waals surface area contributed by atoms with Crippen molar-refractivity contribution in [3.8, 4) is 0 Å². The van der Waals surface area contributed by atoms with E-state index in [-0.39, 0.29) is 5.50 Å². The lowest BCUT2D eigenvalue weighted by atomic mass is 10.9. The lowest BCUT2D eigenvalue weighted by molar-refractivity contribution is 0.837. The van der Waals surface area contributed by atoms with Gasteiger partial charge in [0.25, 0.3) is 0 Å². The van der Waals surface area contributed by atoms with Gasteiger partial charge in [0.1, 0.15) is 5.50 Å². The number of thioether (sulfide) groups is 2. The van der Waals surface area contributed by atoms with Crippen molar-refractivity contribution in [3.63, 3.8) is 0 Å². The molecule has 0 bridgehead atoms. The summed E-state index contributed by atoms with van der Waals surface area (Å²) >= 11 is 6.86. The van der Waals surface area contributed by atoms with Gasteiger partial charge in [0, 0.05) is 17.3 Å². The average molecular weight is 271 g/mol. The van der Waals surface area contributed by atoms with Gasteiger partial charge < -0.3 is 11.1 Å². The average Bonchev–Trinajstić information content (AvgIpc) is 2.51. The van der Waals surface area contributed by atoms with Crippen LogP contribution in [0.4, 0.5) is 0 Å². The molecule has 0 aromatic carbocycles. The lowest BCUT2D eigenvalue weighted by Gasteiger charge is -2.00. The summed E-state index contributed by atoms with van der Waals surface area (Å²) < 4.78 is 1.28. The summed E-state index contributed by atoms with van der Waals surface area (Å²) in [6.07, 6.45) is 1.97. The monoisotopic (exact) mass is 270 g/mol. The van der Waals surface area contributed by atoms with E-state index in [9.17, 15) is 0 Å². The highest BCUT2D eigenvalue weighted by atomic mass is 79.9. The molecule has 0 saturated carbocycles. The second-order valence-corrected chi connectivity index (χ2v) is 5.08. The minimum atomic E-state index is 0.0674. The van der Waals surface area contributed by atoms with Crippen LogP contribution in [0.1, 0.15) is 13.8 Å². The lowest BCUT2D eigenvalue weighted by Crippen LogP contribution is -2.25. The Morgan fingerprint density at radius 1 is 1.75 bits per heavy atom. The van der Waals surface area contributed by atoms with Crippen molar-refractivity contribution < 1.29 is 0 Å². The smallest absolute Gasteiger partial charge is 0.127 e. The SMILES string of the molecule is CC.NC1NC=C(SCCBr)S1. The van der Waals surface area contributed by atoms with Crippen molar-refractivity contribution in [2.24, 2.45) is 5.73 Å². The molecule has 2 nitrogen and oxygen atoms in total. The van der Waals surface area contributed by atoms with E-state index in [4.69, 9.17) is 5.73 Å². The van der Waals surface area contributed by atoms with E-state index >= 15 is 0 Å². The van der Waals surface area contributed by atoms with E-state index < -0.39 is 0 Å². The van der Waals surface area contributed by atoms with Crippen LogP contribution in [-0.2, 0) is 0 Å². The van der Waals surface area contributed by atoms with Crippen LogP contribution in [-0.4, -0.2) is 16.6 Å². The zero-order valence-corrected chi connectivity index (χ0v) is 10.6. The summed E-state index contributed by atoms with van der Waals surface area (Å²) in [6, 6.07) is 0. The number of nitrogens with one attached hydrogen (secondary N) is 1. The van der Waals surface area contributed by atoms with Gasteiger partial charge in [-0.1, -0.05) is 41.5 Å². The number of rotatable bonds is 3. The van der Waals surface area contributed by atoms with Crippen LogP contribution in [0, 0.1) is 0 Å². The molecule has 1 heterocycles. The molecule has 0 aliphatic carbocycles. The standard InChI is InChI=1S/C5H9BrN2S2.C2H6/c6-1-2-9-4-3-8-5(7)10-4;1-2/h3,5,8H,1-2,7H2;1-2H3. The van der Waals surface area contributed by atoms with E-state index in [0.717, 1.165) is 11.1 Å². The number of nitrogens with two attached hydrogens (primary N) is 1. The number of hydrogen-bond donors (Lipinski definition) is 2. The molecule has 1 unspecified atom stereocenters. The van der Waals surface area contributed by atoms with Gasteiger partial charge in [0.05, 0.1) is 4.24 Å². The van der Waals surface area contributed by atoms with Gasteiger partial charge in [-0.2, -0.15) is 0 Å². The fourth-order valence-electron chi connectivity index (χ4n) is 0.558. The maximum Gasteiger partial charge on any atom is 0.127 e. The maximum atomic E-state index is 5.57. The second kappa shape index (κ2) is 8.29. The Kier molecular flexibility index (Phi) is 8.76. The van der Waals surface area contributed by atoms with Crippen LogP contribution in [0.5, 0.6) is 0 Å². The summed E-state index contributed by atoms with van der Waals surface area (Å²) in [7, 11) is 0. The highest BCUT2D eigenvalue weighted by Gasteiger charge is 2.11. The maximum absolute atomic E-state index is 5.57. The largest absolute Gasteiger partial charge is 0.366 e. The molecule has 0 amide bonds. The van der Waals surface area contributed by atoms with Crippen LogP contribution in [0.2, 0.25) is 0 Å². The van der Waals surface area contributed by atoms with Crippen LogP contribution in [0.15, 0.2) is 10.4 Å². The van der Waals surface area contributed by atoms with Crippen molar-refractivity contribution in [2.75, 3.05) is 11.1 Å². The molecule has 12 heavy (non-hydrogen) atoms. The number of halogens is 1. The van der Waals surface area contributed by atoms with E-state index in [2.05, 4.69) is 21.2 Å². The van der Waals surface area contributed by atoms with Gasteiger partial charge in [0.2, 0.25) is 0 Å². The van der Waals surface area contributed by atoms with Crippen LogP contribution in [0.25, 0.3) is 0 Å². The Labute approximate surface area is 91.2 Å². The van der Waals surface area contributed by atoms with Gasteiger partial charge in [-0.3, -0.25) is 0 Å². The molecule has 3 N–H and O–H groups in total. The Bertz CT molecular complexity index is 141. The normalized spacial score (nSPS) is 20.7. The highest BCUT2D eigenvalue weighted by molar-refractivity contribution is 9.09. The topological polar surface area (TPSA) is 38.0 Å².